The van der Waals surface area contributed by atoms with Crippen LogP contribution in [0.15, 0.2) is 18.2 Å². The van der Waals surface area contributed by atoms with Crippen molar-refractivity contribution in [2.75, 3.05) is 19.7 Å². The average Bonchev–Trinajstić information content (AvgIpc) is 2.82. The van der Waals surface area contributed by atoms with Gasteiger partial charge in [-0.25, -0.2) is 0 Å². The highest BCUT2D eigenvalue weighted by Crippen LogP contribution is 2.33. The van der Waals surface area contributed by atoms with Crippen molar-refractivity contribution >= 4 is 0 Å². The Bertz CT molecular complexity index is 372. The van der Waals surface area contributed by atoms with Crippen molar-refractivity contribution in [2.24, 2.45) is 0 Å². The van der Waals surface area contributed by atoms with Gasteiger partial charge in [0.1, 0.15) is 17.6 Å². The number of nitrogens with one attached hydrogen (secondary N) is 1. The lowest BCUT2D eigenvalue weighted by atomic mass is 10.1. The molecule has 1 aromatic carbocycles. The molecule has 0 aromatic heterocycles. The number of hydrogen-bond acceptors (Lipinski definition) is 3. The zero-order valence-electron chi connectivity index (χ0n) is 9.37. The molecule has 2 heterocycles. The van der Waals surface area contributed by atoms with Crippen LogP contribution in [0.4, 0.5) is 0 Å². The summed E-state index contributed by atoms with van der Waals surface area (Å²) in [6.07, 6.45) is 3.60. The van der Waals surface area contributed by atoms with Gasteiger partial charge in [0.2, 0.25) is 0 Å². The summed E-state index contributed by atoms with van der Waals surface area (Å²) in [6.45, 7) is 2.86. The first kappa shape index (κ1) is 9.97. The van der Waals surface area contributed by atoms with Crippen LogP contribution in [0.1, 0.15) is 18.4 Å². The van der Waals surface area contributed by atoms with Gasteiger partial charge in [0.05, 0.1) is 6.61 Å². The standard InChI is InChI=1S/C13H17NO2/c1-4-12-11(3-2-8-15-12)13(5-1)16-10-6-7-14-9-10/h1,4-5,10,14H,2-3,6-9H2. The van der Waals surface area contributed by atoms with E-state index in [1.165, 1.54) is 5.56 Å². The van der Waals surface area contributed by atoms with Crippen molar-refractivity contribution in [3.63, 3.8) is 0 Å². The van der Waals surface area contributed by atoms with Crippen LogP contribution in [-0.4, -0.2) is 25.8 Å². The molecule has 2 aliphatic rings. The zero-order chi connectivity index (χ0) is 10.8. The van der Waals surface area contributed by atoms with Crippen LogP contribution in [0.3, 0.4) is 0 Å². The van der Waals surface area contributed by atoms with E-state index in [4.69, 9.17) is 9.47 Å². The molecule has 1 atom stereocenters. The van der Waals surface area contributed by atoms with Crippen molar-refractivity contribution in [3.8, 4) is 11.5 Å². The molecule has 2 aliphatic heterocycles. The van der Waals surface area contributed by atoms with Gasteiger partial charge in [0.15, 0.2) is 0 Å². The maximum atomic E-state index is 6.03. The molecule has 1 saturated heterocycles. The van der Waals surface area contributed by atoms with Crippen LogP contribution in [0.2, 0.25) is 0 Å². The Balaban J connectivity index is 1.82. The zero-order valence-corrected chi connectivity index (χ0v) is 9.37. The van der Waals surface area contributed by atoms with Gasteiger partial charge < -0.3 is 14.8 Å². The van der Waals surface area contributed by atoms with Crippen molar-refractivity contribution < 1.29 is 9.47 Å². The molecule has 0 saturated carbocycles. The van der Waals surface area contributed by atoms with E-state index in [1.54, 1.807) is 0 Å². The highest BCUT2D eigenvalue weighted by molar-refractivity contribution is 5.45. The highest BCUT2D eigenvalue weighted by Gasteiger charge is 2.20. The van der Waals surface area contributed by atoms with Crippen LogP contribution < -0.4 is 14.8 Å². The van der Waals surface area contributed by atoms with E-state index >= 15 is 0 Å². The van der Waals surface area contributed by atoms with E-state index in [1.807, 2.05) is 12.1 Å². The van der Waals surface area contributed by atoms with E-state index in [-0.39, 0.29) is 0 Å². The summed E-state index contributed by atoms with van der Waals surface area (Å²) in [4.78, 5) is 0. The summed E-state index contributed by atoms with van der Waals surface area (Å²) in [5.41, 5.74) is 1.25. The molecule has 0 spiro atoms. The topological polar surface area (TPSA) is 30.5 Å². The number of rotatable bonds is 2. The van der Waals surface area contributed by atoms with E-state index in [0.717, 1.165) is 50.5 Å². The molecule has 0 aliphatic carbocycles. The molecular weight excluding hydrogens is 202 g/mol. The molecule has 86 valence electrons. The second-order valence-corrected chi connectivity index (χ2v) is 4.42. The van der Waals surface area contributed by atoms with Gasteiger partial charge in [0.25, 0.3) is 0 Å². The van der Waals surface area contributed by atoms with Gasteiger partial charge in [0, 0.05) is 12.1 Å². The largest absolute Gasteiger partial charge is 0.493 e. The number of benzene rings is 1. The number of fused-ring (bicyclic) bond motifs is 1. The van der Waals surface area contributed by atoms with Gasteiger partial charge in [-0.3, -0.25) is 0 Å². The Hall–Kier alpha value is -1.22. The van der Waals surface area contributed by atoms with Gasteiger partial charge in [-0.05, 0) is 37.9 Å². The van der Waals surface area contributed by atoms with Crippen LogP contribution in [-0.2, 0) is 6.42 Å². The third kappa shape index (κ3) is 1.87. The van der Waals surface area contributed by atoms with Gasteiger partial charge in [-0.15, -0.1) is 0 Å². The third-order valence-electron chi connectivity index (χ3n) is 3.23. The second kappa shape index (κ2) is 4.34. The minimum atomic E-state index is 0.327. The summed E-state index contributed by atoms with van der Waals surface area (Å²) in [7, 11) is 0. The quantitative estimate of drug-likeness (QED) is 0.822. The lowest BCUT2D eigenvalue weighted by Gasteiger charge is -2.22. The molecule has 16 heavy (non-hydrogen) atoms. The normalized spacial score (nSPS) is 23.6. The molecule has 3 heteroatoms. The fraction of sp³-hybridized carbons (Fsp3) is 0.538. The Morgan fingerprint density at radius 1 is 1.38 bits per heavy atom. The molecule has 0 radical (unpaired) electrons. The van der Waals surface area contributed by atoms with Crippen LogP contribution in [0.5, 0.6) is 11.5 Å². The van der Waals surface area contributed by atoms with Gasteiger partial charge in [-0.2, -0.15) is 0 Å². The van der Waals surface area contributed by atoms with Crippen molar-refractivity contribution in [1.29, 1.82) is 0 Å². The van der Waals surface area contributed by atoms with E-state index in [2.05, 4.69) is 11.4 Å². The maximum absolute atomic E-state index is 6.03. The Morgan fingerprint density at radius 2 is 2.38 bits per heavy atom. The Labute approximate surface area is 95.8 Å². The predicted molar refractivity (Wildman–Crippen MR) is 62.2 cm³/mol. The van der Waals surface area contributed by atoms with Crippen LogP contribution >= 0.6 is 0 Å². The molecule has 1 fully saturated rings. The molecule has 1 N–H and O–H groups in total. The fourth-order valence-corrected chi connectivity index (χ4v) is 2.38. The molecule has 3 nitrogen and oxygen atoms in total. The Kier molecular flexibility index (Phi) is 2.70. The fourth-order valence-electron chi connectivity index (χ4n) is 2.38. The summed E-state index contributed by atoms with van der Waals surface area (Å²) in [6, 6.07) is 6.11. The molecule has 1 aromatic rings. The summed E-state index contributed by atoms with van der Waals surface area (Å²) >= 11 is 0. The van der Waals surface area contributed by atoms with Gasteiger partial charge in [-0.1, -0.05) is 6.07 Å². The van der Waals surface area contributed by atoms with E-state index in [9.17, 15) is 0 Å². The predicted octanol–water partition coefficient (Wildman–Crippen LogP) is 1.75. The van der Waals surface area contributed by atoms with Crippen molar-refractivity contribution in [1.82, 2.24) is 5.32 Å². The monoisotopic (exact) mass is 219 g/mol. The lowest BCUT2D eigenvalue weighted by Crippen LogP contribution is -2.21. The van der Waals surface area contributed by atoms with Crippen molar-refractivity contribution in [3.05, 3.63) is 23.8 Å². The molecule has 0 bridgehead atoms. The lowest BCUT2D eigenvalue weighted by molar-refractivity contribution is 0.214. The minimum absolute atomic E-state index is 0.327. The number of ether oxygens (including phenoxy) is 2. The van der Waals surface area contributed by atoms with E-state index < -0.39 is 0 Å². The first-order chi connectivity index (χ1) is 7.93. The van der Waals surface area contributed by atoms with E-state index in [0.29, 0.717) is 6.10 Å². The summed E-state index contributed by atoms with van der Waals surface area (Å²) < 4.78 is 11.7. The Morgan fingerprint density at radius 3 is 3.25 bits per heavy atom. The average molecular weight is 219 g/mol. The first-order valence-electron chi connectivity index (χ1n) is 6.05. The minimum Gasteiger partial charge on any atom is -0.493 e. The van der Waals surface area contributed by atoms with Crippen LogP contribution in [0, 0.1) is 0 Å². The molecule has 3 rings (SSSR count). The van der Waals surface area contributed by atoms with Crippen molar-refractivity contribution in [2.45, 2.75) is 25.4 Å². The second-order valence-electron chi connectivity index (χ2n) is 4.42. The third-order valence-corrected chi connectivity index (χ3v) is 3.23. The SMILES string of the molecule is c1cc2c(c(OC3CCNC3)c1)CCCO2. The number of hydrogen-bond donors (Lipinski definition) is 1. The first-order valence-corrected chi connectivity index (χ1v) is 6.05. The molecular formula is C13H17NO2. The molecule has 0 amide bonds. The summed E-state index contributed by atoms with van der Waals surface area (Å²) in [5, 5.41) is 3.32. The highest BCUT2D eigenvalue weighted by atomic mass is 16.5. The smallest absolute Gasteiger partial charge is 0.126 e. The summed E-state index contributed by atoms with van der Waals surface area (Å²) in [5.74, 6) is 2.03. The van der Waals surface area contributed by atoms with Crippen LogP contribution in [0.25, 0.3) is 0 Å². The molecule has 1 unspecified atom stereocenters. The van der Waals surface area contributed by atoms with Gasteiger partial charge >= 0.3 is 0 Å². The maximum Gasteiger partial charge on any atom is 0.126 e.